The van der Waals surface area contributed by atoms with Crippen LogP contribution in [-0.2, 0) is 41.9 Å². The smallest absolute Gasteiger partial charge is 0.243 e. The van der Waals surface area contributed by atoms with Crippen LogP contribution < -0.4 is 0 Å². The van der Waals surface area contributed by atoms with Crippen molar-refractivity contribution in [3.8, 4) is 0 Å². The molecule has 2 fully saturated rings. The Kier molecular flexibility index (Phi) is 17.3. The van der Waals surface area contributed by atoms with Gasteiger partial charge in [-0.05, 0) is 89.1 Å². The number of benzene rings is 5. The van der Waals surface area contributed by atoms with Gasteiger partial charge in [-0.3, -0.25) is 28.8 Å². The maximum Gasteiger partial charge on any atom is 0.243 e. The number of nitrogens with zero attached hydrogens (tertiary/aromatic N) is 7. The van der Waals surface area contributed by atoms with E-state index in [1.165, 1.54) is 34.5 Å². The first-order chi connectivity index (χ1) is 34.8. The van der Waals surface area contributed by atoms with Crippen molar-refractivity contribution in [2.24, 2.45) is 0 Å². The first-order valence-electron chi connectivity index (χ1n) is 25.3. The predicted octanol–water partition coefficient (Wildman–Crippen LogP) is 8.07. The number of hydroxylamine groups is 2. The van der Waals surface area contributed by atoms with Gasteiger partial charge in [-0.1, -0.05) is 152 Å². The molecule has 0 radical (unpaired) electrons. The molecule has 5 aromatic carbocycles. The second kappa shape index (κ2) is 23.6. The molecule has 6 amide bonds. The monoisotopic (exact) mass is 990 g/mol. The molecule has 0 unspecified atom stereocenters. The minimum Gasteiger partial charge on any atom is -0.329 e. The fraction of sp³-hybridized carbons (Fsp3) is 0.390. The van der Waals surface area contributed by atoms with Crippen molar-refractivity contribution < 1.29 is 34.0 Å². The molecular weight excluding hydrogens is 919 g/mol. The zero-order valence-corrected chi connectivity index (χ0v) is 43.3. The lowest BCUT2D eigenvalue weighted by Gasteiger charge is -2.53. The summed E-state index contributed by atoms with van der Waals surface area (Å²) in [4.78, 5) is 100. The van der Waals surface area contributed by atoms with Gasteiger partial charge in [0, 0.05) is 30.2 Å². The van der Waals surface area contributed by atoms with Crippen molar-refractivity contribution in [3.05, 3.63) is 179 Å². The van der Waals surface area contributed by atoms with E-state index < -0.39 is 110 Å². The summed E-state index contributed by atoms with van der Waals surface area (Å²) in [6.45, 7) is 10.4. The van der Waals surface area contributed by atoms with E-state index >= 15 is 28.8 Å². The van der Waals surface area contributed by atoms with Crippen LogP contribution in [0.4, 0.5) is 0 Å². The fourth-order valence-electron chi connectivity index (χ4n) is 10.5. The van der Waals surface area contributed by atoms with E-state index in [2.05, 4.69) is 0 Å². The molecule has 5 aromatic rings. The Hall–Kier alpha value is -7.16. The lowest BCUT2D eigenvalue weighted by Crippen LogP contribution is -2.65. The van der Waals surface area contributed by atoms with Crippen LogP contribution in [0.5, 0.6) is 0 Å². The topological polar surface area (TPSA) is 145 Å². The number of carbonyl (C=O) groups is 6. The molecule has 0 saturated carbocycles. The highest BCUT2D eigenvalue weighted by Crippen LogP contribution is 2.39. The Bertz CT molecular complexity index is 2650. The standard InChI is InChI=1S/C59H71N7O7/c1-43(48-27-17-10-18-28-48)62-39-52(67)61(36-47-25-15-9-16-26-47)38-55(70)65(51-33-58(4,5)66(73)59(6,7)34-51)42-57(72)64(45(3)50-31-21-12-22-32-50)41-56(71)63(44(2)49-29-19-11-20-30-49)40-53(68)60(37-54(62)69)35-46-23-13-8-14-24-46/h8-32,43-45,51,73H,33-42H2,1-7H3/t43-,44-,45-/m0/s1. The van der Waals surface area contributed by atoms with E-state index in [0.29, 0.717) is 0 Å². The number of rotatable bonds is 11. The van der Waals surface area contributed by atoms with Gasteiger partial charge in [-0.15, -0.1) is 0 Å². The van der Waals surface area contributed by atoms with Crippen LogP contribution in [0.25, 0.3) is 0 Å². The van der Waals surface area contributed by atoms with Gasteiger partial charge in [0.25, 0.3) is 0 Å². The van der Waals surface area contributed by atoms with Gasteiger partial charge in [0.2, 0.25) is 35.4 Å². The Labute approximate surface area is 430 Å². The van der Waals surface area contributed by atoms with Gasteiger partial charge in [-0.2, -0.15) is 5.06 Å². The Morgan fingerprint density at radius 2 is 0.699 bits per heavy atom. The molecule has 0 aromatic heterocycles. The third kappa shape index (κ3) is 13.3. The SMILES string of the molecule is C[C@@H](c1ccccc1)N1CC(=O)N(Cc2ccccc2)CC(=O)N(C2CC(C)(C)N(O)C(C)(C)C2)CC(=O)N([C@@H](C)c2ccccc2)CC(=O)N([C@@H](C)c2ccccc2)CC(=O)N(Cc2ccccc2)CC1=O. The van der Waals surface area contributed by atoms with Crippen LogP contribution in [0.1, 0.15) is 107 Å². The molecule has 3 atom stereocenters. The normalized spacial score (nSPS) is 19.7. The highest BCUT2D eigenvalue weighted by molar-refractivity contribution is 5.94. The second-order valence-corrected chi connectivity index (χ2v) is 20.8. The highest BCUT2D eigenvalue weighted by Gasteiger charge is 2.48. The minimum absolute atomic E-state index is 0.0146. The quantitative estimate of drug-likeness (QED) is 0.140. The first kappa shape index (κ1) is 53.6. The maximum atomic E-state index is 15.5. The average Bonchev–Trinajstić information content (AvgIpc) is 3.39. The van der Waals surface area contributed by atoms with Crippen LogP contribution in [0.15, 0.2) is 152 Å². The van der Waals surface area contributed by atoms with Crippen molar-refractivity contribution in [2.75, 3.05) is 39.3 Å². The summed E-state index contributed by atoms with van der Waals surface area (Å²) in [6.07, 6.45) is 0.569. The predicted molar refractivity (Wildman–Crippen MR) is 280 cm³/mol. The van der Waals surface area contributed by atoms with E-state index in [9.17, 15) is 5.21 Å². The zero-order valence-electron chi connectivity index (χ0n) is 43.3. The van der Waals surface area contributed by atoms with Crippen LogP contribution >= 0.6 is 0 Å². The fourth-order valence-corrected chi connectivity index (χ4v) is 10.5. The van der Waals surface area contributed by atoms with Gasteiger partial charge in [0.15, 0.2) is 0 Å². The summed E-state index contributed by atoms with van der Waals surface area (Å²) in [5.74, 6) is -3.07. The molecule has 0 bridgehead atoms. The lowest BCUT2D eigenvalue weighted by molar-refractivity contribution is -0.251. The van der Waals surface area contributed by atoms with E-state index in [0.717, 1.165) is 27.8 Å². The van der Waals surface area contributed by atoms with Gasteiger partial charge in [0.05, 0.1) is 18.1 Å². The molecule has 2 aliphatic heterocycles. The van der Waals surface area contributed by atoms with E-state index in [4.69, 9.17) is 0 Å². The molecule has 7 rings (SSSR count). The molecule has 0 spiro atoms. The summed E-state index contributed by atoms with van der Waals surface area (Å²) in [7, 11) is 0. The molecule has 14 nitrogen and oxygen atoms in total. The Morgan fingerprint density at radius 3 is 1.05 bits per heavy atom. The highest BCUT2D eigenvalue weighted by atomic mass is 16.5. The van der Waals surface area contributed by atoms with Gasteiger partial charge < -0.3 is 34.6 Å². The molecule has 73 heavy (non-hydrogen) atoms. The van der Waals surface area contributed by atoms with Crippen LogP contribution in [-0.4, -0.2) is 132 Å². The zero-order chi connectivity index (χ0) is 52.5. The van der Waals surface area contributed by atoms with Crippen molar-refractivity contribution in [1.29, 1.82) is 0 Å². The van der Waals surface area contributed by atoms with Gasteiger partial charge in [0.1, 0.15) is 39.3 Å². The molecule has 0 aliphatic carbocycles. The van der Waals surface area contributed by atoms with Crippen LogP contribution in [0, 0.1) is 0 Å². The molecule has 14 heteroatoms. The van der Waals surface area contributed by atoms with Crippen LogP contribution in [0.2, 0.25) is 0 Å². The van der Waals surface area contributed by atoms with Crippen molar-refractivity contribution in [1.82, 2.24) is 34.5 Å². The van der Waals surface area contributed by atoms with E-state index in [1.54, 1.807) is 0 Å². The number of piperidine rings is 1. The molecule has 2 saturated heterocycles. The molecule has 2 aliphatic rings. The number of hydrogen-bond donors (Lipinski definition) is 1. The number of hydrogen-bond acceptors (Lipinski definition) is 8. The number of amides is 6. The molecule has 2 heterocycles. The molecule has 1 N–H and O–H groups in total. The third-order valence-electron chi connectivity index (χ3n) is 14.6. The van der Waals surface area contributed by atoms with Crippen molar-refractivity contribution in [2.45, 2.75) is 110 Å². The third-order valence-corrected chi connectivity index (χ3v) is 14.6. The van der Waals surface area contributed by atoms with Gasteiger partial charge >= 0.3 is 0 Å². The minimum atomic E-state index is -0.836. The Balaban J connectivity index is 1.39. The molecular formula is C59H71N7O7. The van der Waals surface area contributed by atoms with Gasteiger partial charge in [-0.25, -0.2) is 0 Å². The average molecular weight is 990 g/mol. The summed E-state index contributed by atoms with van der Waals surface area (Å²) in [5, 5.41) is 12.8. The second-order valence-electron chi connectivity index (χ2n) is 20.8. The summed E-state index contributed by atoms with van der Waals surface area (Å²) >= 11 is 0. The van der Waals surface area contributed by atoms with E-state index in [1.807, 2.05) is 200 Å². The van der Waals surface area contributed by atoms with Crippen LogP contribution in [0.3, 0.4) is 0 Å². The largest absolute Gasteiger partial charge is 0.329 e. The number of carbonyl (C=O) groups excluding carboxylic acids is 6. The van der Waals surface area contributed by atoms with Crippen molar-refractivity contribution >= 4 is 35.4 Å². The van der Waals surface area contributed by atoms with E-state index in [-0.39, 0.29) is 25.9 Å². The first-order valence-corrected chi connectivity index (χ1v) is 25.3. The Morgan fingerprint density at radius 1 is 0.411 bits per heavy atom. The molecule has 384 valence electrons. The maximum absolute atomic E-state index is 15.5. The summed E-state index contributed by atoms with van der Waals surface area (Å²) in [5.41, 5.74) is 2.08. The van der Waals surface area contributed by atoms with Crippen molar-refractivity contribution in [3.63, 3.8) is 0 Å². The summed E-state index contributed by atoms with van der Waals surface area (Å²) in [6, 6.07) is 43.9. The lowest BCUT2D eigenvalue weighted by atomic mass is 9.78. The summed E-state index contributed by atoms with van der Waals surface area (Å²) < 4.78 is 0.